The zero-order chi connectivity index (χ0) is 16.2. The minimum atomic E-state index is -0.0648. The van der Waals surface area contributed by atoms with E-state index in [1.54, 1.807) is 0 Å². The number of hydrogen-bond acceptors (Lipinski definition) is 4. The lowest BCUT2D eigenvalue weighted by Gasteiger charge is -2.37. The van der Waals surface area contributed by atoms with Crippen molar-refractivity contribution < 1.29 is 9.59 Å². The summed E-state index contributed by atoms with van der Waals surface area (Å²) < 4.78 is 0. The molecule has 0 radical (unpaired) electrons. The van der Waals surface area contributed by atoms with Gasteiger partial charge in [-0.15, -0.1) is 0 Å². The zero-order valence-electron chi connectivity index (χ0n) is 14.2. The molecule has 1 aliphatic heterocycles. The van der Waals surface area contributed by atoms with Crippen LogP contribution in [0.1, 0.15) is 45.4 Å². The summed E-state index contributed by atoms with van der Waals surface area (Å²) in [6.07, 6.45) is 7.00. The lowest BCUT2D eigenvalue weighted by molar-refractivity contribution is -0.128. The van der Waals surface area contributed by atoms with E-state index in [0.717, 1.165) is 51.9 Å². The first kappa shape index (κ1) is 16.7. The summed E-state index contributed by atoms with van der Waals surface area (Å²) in [6, 6.07) is 0.755. The van der Waals surface area contributed by atoms with Crippen LogP contribution in [0, 0.1) is 0 Å². The highest BCUT2D eigenvalue weighted by Gasteiger charge is 2.30. The molecule has 3 fully saturated rings. The third-order valence-corrected chi connectivity index (χ3v) is 5.35. The smallest absolute Gasteiger partial charge is 0.237 e. The van der Waals surface area contributed by atoms with Gasteiger partial charge >= 0.3 is 0 Å². The molecule has 1 atom stereocenters. The van der Waals surface area contributed by atoms with Crippen LogP contribution < -0.4 is 10.6 Å². The third-order valence-electron chi connectivity index (χ3n) is 5.35. The molecule has 0 aromatic rings. The lowest BCUT2D eigenvalue weighted by atomic mass is 10.2. The second-order valence-corrected chi connectivity index (χ2v) is 7.32. The van der Waals surface area contributed by atoms with Gasteiger partial charge < -0.3 is 10.6 Å². The molecule has 2 N–H and O–H groups in total. The molecule has 0 aromatic heterocycles. The summed E-state index contributed by atoms with van der Waals surface area (Å²) >= 11 is 0. The molecule has 0 spiro atoms. The fourth-order valence-electron chi connectivity index (χ4n) is 3.57. The molecule has 23 heavy (non-hydrogen) atoms. The minimum absolute atomic E-state index is 0.0648. The molecular formula is C17H30N4O2. The average Bonchev–Trinajstić information content (AvgIpc) is 3.21. The summed E-state index contributed by atoms with van der Waals surface area (Å²) in [5, 5.41) is 6.22. The number of hydrogen-bond donors (Lipinski definition) is 2. The van der Waals surface area contributed by atoms with Crippen molar-refractivity contribution in [1.29, 1.82) is 0 Å². The summed E-state index contributed by atoms with van der Waals surface area (Å²) in [5.41, 5.74) is 0. The van der Waals surface area contributed by atoms with E-state index in [0.29, 0.717) is 18.6 Å². The van der Waals surface area contributed by atoms with Crippen LogP contribution in [-0.4, -0.2) is 72.5 Å². The summed E-state index contributed by atoms with van der Waals surface area (Å²) in [4.78, 5) is 28.6. The van der Waals surface area contributed by atoms with Crippen molar-refractivity contribution >= 4 is 11.8 Å². The van der Waals surface area contributed by atoms with Crippen LogP contribution in [-0.2, 0) is 9.59 Å². The van der Waals surface area contributed by atoms with Gasteiger partial charge in [-0.25, -0.2) is 0 Å². The van der Waals surface area contributed by atoms with E-state index < -0.39 is 0 Å². The van der Waals surface area contributed by atoms with Gasteiger partial charge in [0.1, 0.15) is 0 Å². The number of amides is 2. The van der Waals surface area contributed by atoms with Crippen molar-refractivity contribution in [2.75, 3.05) is 32.7 Å². The van der Waals surface area contributed by atoms with Crippen molar-refractivity contribution in [3.05, 3.63) is 0 Å². The molecule has 6 heteroatoms. The predicted octanol–water partition coefficient (Wildman–Crippen LogP) is 0.330. The molecule has 2 amide bonds. The van der Waals surface area contributed by atoms with Gasteiger partial charge in [-0.3, -0.25) is 19.4 Å². The molecule has 130 valence electrons. The highest BCUT2D eigenvalue weighted by molar-refractivity contribution is 5.82. The molecule has 1 unspecified atom stereocenters. The Kier molecular flexibility index (Phi) is 5.54. The minimum Gasteiger partial charge on any atom is -0.352 e. The van der Waals surface area contributed by atoms with Gasteiger partial charge in [0.05, 0.1) is 12.6 Å². The Hall–Kier alpha value is -1.14. The fraction of sp³-hybridized carbons (Fsp3) is 0.882. The SMILES string of the molecule is CC(C(=O)NC1CC1)N1CCN(CC(=O)NC2CCCC2)CC1. The van der Waals surface area contributed by atoms with Gasteiger partial charge in [-0.2, -0.15) is 0 Å². The van der Waals surface area contributed by atoms with Crippen molar-refractivity contribution in [3.63, 3.8) is 0 Å². The van der Waals surface area contributed by atoms with Gasteiger partial charge in [0.25, 0.3) is 0 Å². The number of rotatable bonds is 6. The number of nitrogens with one attached hydrogen (secondary N) is 2. The molecule has 3 rings (SSSR count). The number of carbonyl (C=O) groups is 2. The quantitative estimate of drug-likeness (QED) is 0.740. The van der Waals surface area contributed by atoms with E-state index in [1.807, 2.05) is 6.92 Å². The molecule has 0 bridgehead atoms. The highest BCUT2D eigenvalue weighted by Crippen LogP contribution is 2.19. The largest absolute Gasteiger partial charge is 0.352 e. The van der Waals surface area contributed by atoms with Crippen molar-refractivity contribution in [2.45, 2.75) is 63.6 Å². The standard InChI is InChI=1S/C17H30N4O2/c1-13(17(23)19-15-6-7-15)21-10-8-20(9-11-21)12-16(22)18-14-4-2-3-5-14/h13-15H,2-12H2,1H3,(H,18,22)(H,19,23). The molecular weight excluding hydrogens is 292 g/mol. The average molecular weight is 322 g/mol. The van der Waals surface area contributed by atoms with Crippen LogP contribution in [0.3, 0.4) is 0 Å². The lowest BCUT2D eigenvalue weighted by Crippen LogP contribution is -2.55. The molecule has 2 aliphatic carbocycles. The van der Waals surface area contributed by atoms with Crippen molar-refractivity contribution in [3.8, 4) is 0 Å². The summed E-state index contributed by atoms with van der Waals surface area (Å²) in [7, 11) is 0. The van der Waals surface area contributed by atoms with Gasteiger partial charge in [0.15, 0.2) is 0 Å². The molecule has 1 saturated heterocycles. The van der Waals surface area contributed by atoms with Gasteiger partial charge in [-0.1, -0.05) is 12.8 Å². The first-order valence-corrected chi connectivity index (χ1v) is 9.18. The first-order valence-electron chi connectivity index (χ1n) is 9.18. The van der Waals surface area contributed by atoms with E-state index in [1.165, 1.54) is 12.8 Å². The van der Waals surface area contributed by atoms with Gasteiger partial charge in [0, 0.05) is 38.3 Å². The van der Waals surface area contributed by atoms with Crippen LogP contribution >= 0.6 is 0 Å². The number of piperazine rings is 1. The van der Waals surface area contributed by atoms with Gasteiger partial charge in [0.2, 0.25) is 11.8 Å². The fourth-order valence-corrected chi connectivity index (χ4v) is 3.57. The molecule has 3 aliphatic rings. The van der Waals surface area contributed by atoms with E-state index in [2.05, 4.69) is 20.4 Å². The van der Waals surface area contributed by atoms with Crippen LogP contribution in [0.5, 0.6) is 0 Å². The van der Waals surface area contributed by atoms with Crippen molar-refractivity contribution in [2.24, 2.45) is 0 Å². The maximum Gasteiger partial charge on any atom is 0.237 e. The maximum absolute atomic E-state index is 12.1. The highest BCUT2D eigenvalue weighted by atomic mass is 16.2. The van der Waals surface area contributed by atoms with Gasteiger partial charge in [-0.05, 0) is 32.6 Å². The van der Waals surface area contributed by atoms with E-state index >= 15 is 0 Å². The van der Waals surface area contributed by atoms with Crippen LogP contribution in [0.2, 0.25) is 0 Å². The summed E-state index contributed by atoms with van der Waals surface area (Å²) in [5.74, 6) is 0.310. The second kappa shape index (κ2) is 7.62. The Bertz CT molecular complexity index is 424. The Morgan fingerprint density at radius 3 is 2.17 bits per heavy atom. The zero-order valence-corrected chi connectivity index (χ0v) is 14.2. The van der Waals surface area contributed by atoms with E-state index in [9.17, 15) is 9.59 Å². The Morgan fingerprint density at radius 2 is 1.57 bits per heavy atom. The first-order chi connectivity index (χ1) is 11.1. The Morgan fingerprint density at radius 1 is 0.957 bits per heavy atom. The van der Waals surface area contributed by atoms with Crippen molar-refractivity contribution in [1.82, 2.24) is 20.4 Å². The molecule has 6 nitrogen and oxygen atoms in total. The summed E-state index contributed by atoms with van der Waals surface area (Å²) in [6.45, 7) is 5.91. The van der Waals surface area contributed by atoms with Crippen LogP contribution in [0.25, 0.3) is 0 Å². The van der Waals surface area contributed by atoms with E-state index in [4.69, 9.17) is 0 Å². The van der Waals surface area contributed by atoms with E-state index in [-0.39, 0.29) is 17.9 Å². The third kappa shape index (κ3) is 4.91. The Balaban J connectivity index is 1.35. The monoisotopic (exact) mass is 322 g/mol. The maximum atomic E-state index is 12.1. The molecule has 1 heterocycles. The van der Waals surface area contributed by atoms with Crippen LogP contribution in [0.15, 0.2) is 0 Å². The molecule has 0 aromatic carbocycles. The van der Waals surface area contributed by atoms with Crippen LogP contribution in [0.4, 0.5) is 0 Å². The topological polar surface area (TPSA) is 64.7 Å². The predicted molar refractivity (Wildman–Crippen MR) is 89.0 cm³/mol. The molecule has 2 saturated carbocycles. The number of carbonyl (C=O) groups excluding carboxylic acids is 2. The Labute approximate surface area is 139 Å². The second-order valence-electron chi connectivity index (χ2n) is 7.32. The number of nitrogens with zero attached hydrogens (tertiary/aromatic N) is 2. The normalized spacial score (nSPS) is 25.3.